The number of hydrogen-bond acceptors (Lipinski definition) is 2. The van der Waals surface area contributed by atoms with E-state index in [4.69, 9.17) is 0 Å². The molecular weight excluding hydrogens is 302 g/mol. The smallest absolute Gasteiger partial charge is 0.321 e. The van der Waals surface area contributed by atoms with Crippen molar-refractivity contribution in [3.63, 3.8) is 0 Å². The van der Waals surface area contributed by atoms with Crippen LogP contribution >= 0.6 is 0 Å². The fraction of sp³-hybridized carbons (Fsp3) is 0.941. The third-order valence-corrected chi connectivity index (χ3v) is 7.22. The molecule has 0 aromatic carbocycles. The van der Waals surface area contributed by atoms with Crippen LogP contribution in [0.3, 0.4) is 0 Å². The molecule has 23 heavy (non-hydrogen) atoms. The summed E-state index contributed by atoms with van der Waals surface area (Å²) in [7, 11) is 0. The van der Waals surface area contributed by atoms with Gasteiger partial charge in [0.25, 0.3) is 5.92 Å². The molecule has 0 radical (unpaired) electrons. The lowest BCUT2D eigenvalue weighted by Crippen LogP contribution is -2.62. The molecule has 4 nitrogen and oxygen atoms in total. The quantitative estimate of drug-likeness (QED) is 0.804. The zero-order chi connectivity index (χ0) is 16.2. The molecule has 3 unspecified atom stereocenters. The molecule has 1 N–H and O–H groups in total. The Morgan fingerprint density at radius 3 is 2.35 bits per heavy atom. The van der Waals surface area contributed by atoms with E-state index >= 15 is 0 Å². The summed E-state index contributed by atoms with van der Waals surface area (Å²) in [6, 6.07) is -0.0514. The van der Waals surface area contributed by atoms with Gasteiger partial charge in [-0.15, -0.1) is 0 Å². The number of halogens is 2. The van der Waals surface area contributed by atoms with Crippen LogP contribution in [0.5, 0.6) is 0 Å². The average molecular weight is 326 g/mol. The molecule has 0 spiro atoms. The molecule has 0 aromatic heterocycles. The fourth-order valence-electron chi connectivity index (χ4n) is 6.86. The monoisotopic (exact) mass is 326 g/mol. The molecule has 2 aliphatic heterocycles. The van der Waals surface area contributed by atoms with Crippen LogP contribution in [0.2, 0.25) is 0 Å². The Labute approximate surface area is 134 Å². The minimum atomic E-state index is -2.75. The van der Waals surface area contributed by atoms with Crippen molar-refractivity contribution in [1.82, 2.24) is 9.80 Å². The van der Waals surface area contributed by atoms with Crippen molar-refractivity contribution in [3.8, 4) is 0 Å². The molecule has 2 heterocycles. The van der Waals surface area contributed by atoms with Crippen LogP contribution in [0, 0.1) is 17.8 Å². The van der Waals surface area contributed by atoms with Gasteiger partial charge >= 0.3 is 6.03 Å². The van der Waals surface area contributed by atoms with Gasteiger partial charge in [0, 0.05) is 19.0 Å². The Morgan fingerprint density at radius 1 is 1.13 bits per heavy atom. The summed E-state index contributed by atoms with van der Waals surface area (Å²) in [4.78, 5) is 16.1. The van der Waals surface area contributed by atoms with E-state index in [0.717, 1.165) is 32.1 Å². The molecule has 4 bridgehead atoms. The number of rotatable bonds is 1. The van der Waals surface area contributed by atoms with Crippen molar-refractivity contribution < 1.29 is 18.7 Å². The van der Waals surface area contributed by atoms with Crippen molar-refractivity contribution in [1.29, 1.82) is 0 Å². The van der Waals surface area contributed by atoms with E-state index < -0.39 is 23.6 Å². The highest BCUT2D eigenvalue weighted by Gasteiger charge is 2.64. The lowest BCUT2D eigenvalue weighted by atomic mass is 9.52. The summed E-state index contributed by atoms with van der Waals surface area (Å²) in [5, 5.41) is 10.7. The number of amides is 2. The van der Waals surface area contributed by atoms with Crippen LogP contribution in [-0.4, -0.2) is 57.1 Å². The first-order chi connectivity index (χ1) is 10.7. The maximum absolute atomic E-state index is 13.7. The molecule has 128 valence electrons. The first kappa shape index (κ1) is 14.4. The number of urea groups is 1. The van der Waals surface area contributed by atoms with E-state index in [1.165, 1.54) is 4.90 Å². The van der Waals surface area contributed by atoms with E-state index in [1.807, 2.05) is 4.90 Å². The summed E-state index contributed by atoms with van der Waals surface area (Å²) in [6.45, 7) is 1.78. The zero-order valence-electron chi connectivity index (χ0n) is 13.5. The van der Waals surface area contributed by atoms with E-state index in [1.54, 1.807) is 6.92 Å². The zero-order valence-corrected chi connectivity index (χ0v) is 13.5. The Hall–Kier alpha value is -0.910. The molecule has 4 aliphatic carbocycles. The molecular formula is C17H24F2N2O2. The second-order valence-electron chi connectivity index (χ2n) is 9.21. The largest absolute Gasteiger partial charge is 0.390 e. The third kappa shape index (κ3) is 1.87. The molecule has 6 aliphatic rings. The predicted octanol–water partition coefficient (Wildman–Crippen LogP) is 2.46. The highest BCUT2D eigenvalue weighted by atomic mass is 19.3. The summed E-state index contributed by atoms with van der Waals surface area (Å²) in [6.07, 6.45) is 4.41. The Morgan fingerprint density at radius 2 is 1.78 bits per heavy atom. The van der Waals surface area contributed by atoms with Gasteiger partial charge in [0.1, 0.15) is 0 Å². The van der Waals surface area contributed by atoms with Crippen molar-refractivity contribution in [2.45, 2.75) is 68.6 Å². The van der Waals surface area contributed by atoms with E-state index in [2.05, 4.69) is 0 Å². The number of aliphatic hydroxyl groups is 1. The molecule has 6 heteroatoms. The number of hydrogen-bond donors (Lipinski definition) is 1. The van der Waals surface area contributed by atoms with Crippen LogP contribution in [0.4, 0.5) is 13.6 Å². The average Bonchev–Trinajstić information content (AvgIpc) is 2.75. The fourth-order valence-corrected chi connectivity index (χ4v) is 6.86. The van der Waals surface area contributed by atoms with Gasteiger partial charge in [-0.05, 0) is 56.8 Å². The van der Waals surface area contributed by atoms with Gasteiger partial charge in [0.2, 0.25) is 0 Å². The van der Waals surface area contributed by atoms with Gasteiger partial charge in [0.05, 0.1) is 17.7 Å². The normalized spacial score (nSPS) is 53.3. The van der Waals surface area contributed by atoms with E-state index in [9.17, 15) is 18.7 Å². The third-order valence-electron chi connectivity index (χ3n) is 7.22. The Balaban J connectivity index is 1.43. The van der Waals surface area contributed by atoms with Crippen LogP contribution in [0.15, 0.2) is 0 Å². The number of alkyl halides is 2. The number of carbonyl (C=O) groups is 1. The van der Waals surface area contributed by atoms with Gasteiger partial charge in [0.15, 0.2) is 0 Å². The van der Waals surface area contributed by atoms with Crippen LogP contribution in [0.1, 0.15) is 45.4 Å². The van der Waals surface area contributed by atoms with E-state index in [-0.39, 0.29) is 18.5 Å². The van der Waals surface area contributed by atoms with Crippen molar-refractivity contribution in [2.24, 2.45) is 17.8 Å². The molecule has 2 amide bonds. The topological polar surface area (TPSA) is 43.8 Å². The molecule has 6 fully saturated rings. The van der Waals surface area contributed by atoms with Gasteiger partial charge in [-0.25, -0.2) is 13.6 Å². The standard InChI is InChI=1S/C17H24F2N2O2/c1-15-7-17(18,19)9-21(15)14(22)20(8-15)13-11-2-10-3-12(13)6-16(23,4-10)5-11/h10-13,23H,2-9H2,1H3. The van der Waals surface area contributed by atoms with Gasteiger partial charge in [-0.3, -0.25) is 0 Å². The Kier molecular flexibility index (Phi) is 2.51. The predicted molar refractivity (Wildman–Crippen MR) is 79.1 cm³/mol. The minimum Gasteiger partial charge on any atom is -0.390 e. The molecule has 4 saturated carbocycles. The number of carbonyl (C=O) groups excluding carboxylic acids is 1. The maximum Gasteiger partial charge on any atom is 0.321 e. The summed E-state index contributed by atoms with van der Waals surface area (Å²) < 4.78 is 27.5. The van der Waals surface area contributed by atoms with Crippen LogP contribution in [0.25, 0.3) is 0 Å². The molecule has 6 rings (SSSR count). The minimum absolute atomic E-state index is 0.148. The lowest BCUT2D eigenvalue weighted by Gasteiger charge is -2.59. The summed E-state index contributed by atoms with van der Waals surface area (Å²) in [5.41, 5.74) is -1.25. The maximum atomic E-state index is 13.7. The highest BCUT2D eigenvalue weighted by Crippen LogP contribution is 2.58. The Bertz CT molecular complexity index is 567. The van der Waals surface area contributed by atoms with Crippen molar-refractivity contribution in [3.05, 3.63) is 0 Å². The molecule has 0 aromatic rings. The van der Waals surface area contributed by atoms with Gasteiger partial charge < -0.3 is 14.9 Å². The first-order valence-electron chi connectivity index (χ1n) is 8.87. The van der Waals surface area contributed by atoms with Crippen molar-refractivity contribution in [2.75, 3.05) is 13.1 Å². The highest BCUT2D eigenvalue weighted by molar-refractivity contribution is 5.79. The second-order valence-corrected chi connectivity index (χ2v) is 9.21. The molecule has 2 saturated heterocycles. The van der Waals surface area contributed by atoms with Crippen LogP contribution < -0.4 is 0 Å². The SMILES string of the molecule is CC12CN(C3C4CC5CC3CC(O)(C5)C4)C(=O)N1CC(F)(F)C2. The summed E-state index contributed by atoms with van der Waals surface area (Å²) in [5.74, 6) is -1.47. The number of nitrogens with zero attached hydrogens (tertiary/aromatic N) is 2. The first-order valence-corrected chi connectivity index (χ1v) is 8.87. The van der Waals surface area contributed by atoms with Gasteiger partial charge in [-0.2, -0.15) is 0 Å². The summed E-state index contributed by atoms with van der Waals surface area (Å²) >= 11 is 0. The van der Waals surface area contributed by atoms with E-state index in [0.29, 0.717) is 24.3 Å². The van der Waals surface area contributed by atoms with Crippen LogP contribution in [-0.2, 0) is 0 Å². The van der Waals surface area contributed by atoms with Crippen molar-refractivity contribution >= 4 is 6.03 Å². The lowest BCUT2D eigenvalue weighted by molar-refractivity contribution is -0.153. The van der Waals surface area contributed by atoms with Gasteiger partial charge in [-0.1, -0.05) is 0 Å². The second kappa shape index (κ2) is 4.01. The molecule has 3 atom stereocenters. The number of fused-ring (bicyclic) bond motifs is 1.